The van der Waals surface area contributed by atoms with Gasteiger partial charge in [-0.25, -0.2) is 13.4 Å². The Labute approximate surface area is 114 Å². The molecule has 0 aromatic carbocycles. The number of aryl methyl sites for hydroxylation is 1. The van der Waals surface area contributed by atoms with Crippen molar-refractivity contribution < 1.29 is 8.42 Å². The molecule has 0 aliphatic carbocycles. The van der Waals surface area contributed by atoms with Gasteiger partial charge in [-0.05, 0) is 31.2 Å². The molecule has 0 unspecified atom stereocenters. The van der Waals surface area contributed by atoms with Gasteiger partial charge in [0.15, 0.2) is 9.84 Å². The van der Waals surface area contributed by atoms with E-state index in [0.717, 1.165) is 24.5 Å². The minimum atomic E-state index is -2.84. The van der Waals surface area contributed by atoms with Crippen LogP contribution in [0.5, 0.6) is 0 Å². The van der Waals surface area contributed by atoms with Crippen LogP contribution in [0.3, 0.4) is 0 Å². The predicted molar refractivity (Wildman–Crippen MR) is 77.2 cm³/mol. The highest BCUT2D eigenvalue weighted by Gasteiger charge is 2.22. The van der Waals surface area contributed by atoms with Gasteiger partial charge in [0, 0.05) is 25.3 Å². The molecule has 2 rings (SSSR count). The smallest absolute Gasteiger partial charge is 0.153 e. The molecule has 0 amide bonds. The average molecular weight is 283 g/mol. The third-order valence-electron chi connectivity index (χ3n) is 3.34. The predicted octanol–water partition coefficient (Wildman–Crippen LogP) is 0.598. The molecule has 5 nitrogen and oxygen atoms in total. The number of sulfone groups is 1. The molecule has 1 aromatic heterocycles. The van der Waals surface area contributed by atoms with E-state index in [4.69, 9.17) is 0 Å². The van der Waals surface area contributed by atoms with Crippen LogP contribution in [0.25, 0.3) is 0 Å². The van der Waals surface area contributed by atoms with Crippen LogP contribution in [0, 0.1) is 0 Å². The molecule has 1 N–H and O–H groups in total. The summed E-state index contributed by atoms with van der Waals surface area (Å²) in [6, 6.07) is 4.15. The number of hydrogen-bond acceptors (Lipinski definition) is 5. The van der Waals surface area contributed by atoms with E-state index in [-0.39, 0.29) is 11.5 Å². The second-order valence-electron chi connectivity index (χ2n) is 4.85. The quantitative estimate of drug-likeness (QED) is 0.876. The van der Waals surface area contributed by atoms with E-state index in [1.165, 1.54) is 5.56 Å². The first kappa shape index (κ1) is 14.3. The van der Waals surface area contributed by atoms with E-state index in [2.05, 4.69) is 28.2 Å². The van der Waals surface area contributed by atoms with Crippen molar-refractivity contribution in [2.75, 3.05) is 36.5 Å². The molecule has 2 heterocycles. The lowest BCUT2D eigenvalue weighted by molar-refractivity contribution is 0.586. The molecule has 1 aliphatic heterocycles. The molecule has 0 saturated carbocycles. The lowest BCUT2D eigenvalue weighted by Crippen LogP contribution is -2.40. The normalized spacial score (nSPS) is 18.5. The number of pyridine rings is 1. The minimum absolute atomic E-state index is 0.229. The van der Waals surface area contributed by atoms with Crippen LogP contribution in [0.4, 0.5) is 5.82 Å². The summed E-state index contributed by atoms with van der Waals surface area (Å²) in [7, 11) is -0.926. The SMILES string of the molecule is CCc1cc(CNC)cc(N2CCS(=O)(=O)CC2)n1. The van der Waals surface area contributed by atoms with E-state index in [1.807, 2.05) is 13.1 Å². The summed E-state index contributed by atoms with van der Waals surface area (Å²) in [5, 5.41) is 3.14. The van der Waals surface area contributed by atoms with Crippen molar-refractivity contribution in [2.24, 2.45) is 0 Å². The van der Waals surface area contributed by atoms with Crippen molar-refractivity contribution in [3.8, 4) is 0 Å². The molecule has 0 bridgehead atoms. The molecule has 106 valence electrons. The summed E-state index contributed by atoms with van der Waals surface area (Å²) in [5.41, 5.74) is 2.24. The van der Waals surface area contributed by atoms with Crippen molar-refractivity contribution in [1.82, 2.24) is 10.3 Å². The summed E-state index contributed by atoms with van der Waals surface area (Å²) in [4.78, 5) is 6.68. The Morgan fingerprint density at radius 2 is 2.00 bits per heavy atom. The maximum Gasteiger partial charge on any atom is 0.153 e. The number of anilines is 1. The average Bonchev–Trinajstić information content (AvgIpc) is 2.38. The first-order chi connectivity index (χ1) is 9.04. The molecule has 1 saturated heterocycles. The topological polar surface area (TPSA) is 62.3 Å². The lowest BCUT2D eigenvalue weighted by Gasteiger charge is -2.28. The van der Waals surface area contributed by atoms with Crippen molar-refractivity contribution >= 4 is 15.7 Å². The van der Waals surface area contributed by atoms with Gasteiger partial charge in [0.05, 0.1) is 11.5 Å². The molecule has 0 atom stereocenters. The monoisotopic (exact) mass is 283 g/mol. The van der Waals surface area contributed by atoms with Crippen molar-refractivity contribution in [1.29, 1.82) is 0 Å². The molecule has 6 heteroatoms. The van der Waals surface area contributed by atoms with E-state index in [1.54, 1.807) is 0 Å². The Morgan fingerprint density at radius 1 is 1.32 bits per heavy atom. The highest BCUT2D eigenvalue weighted by Crippen LogP contribution is 2.18. The van der Waals surface area contributed by atoms with Crippen molar-refractivity contribution in [3.05, 3.63) is 23.4 Å². The summed E-state index contributed by atoms with van der Waals surface area (Å²) in [6.45, 7) is 3.97. The number of hydrogen-bond donors (Lipinski definition) is 1. The number of nitrogens with one attached hydrogen (secondary N) is 1. The Morgan fingerprint density at radius 3 is 2.58 bits per heavy atom. The fourth-order valence-electron chi connectivity index (χ4n) is 2.22. The maximum atomic E-state index is 11.5. The Bertz CT molecular complexity index is 529. The van der Waals surface area contributed by atoms with Crippen LogP contribution in [0.15, 0.2) is 12.1 Å². The summed E-state index contributed by atoms with van der Waals surface area (Å²) >= 11 is 0. The standard InChI is InChI=1S/C13H21N3O2S/c1-3-12-8-11(10-14-2)9-13(15-12)16-4-6-19(17,18)7-5-16/h8-9,14H,3-7,10H2,1-2H3. The first-order valence-corrected chi connectivity index (χ1v) is 8.46. The molecular formula is C13H21N3O2S. The highest BCUT2D eigenvalue weighted by atomic mass is 32.2. The maximum absolute atomic E-state index is 11.5. The minimum Gasteiger partial charge on any atom is -0.355 e. The van der Waals surface area contributed by atoms with Gasteiger partial charge < -0.3 is 10.2 Å². The van der Waals surface area contributed by atoms with Gasteiger partial charge >= 0.3 is 0 Å². The van der Waals surface area contributed by atoms with Gasteiger partial charge in [0.1, 0.15) is 5.82 Å². The zero-order valence-corrected chi connectivity index (χ0v) is 12.3. The lowest BCUT2D eigenvalue weighted by atomic mass is 10.2. The fourth-order valence-corrected chi connectivity index (χ4v) is 3.43. The zero-order valence-electron chi connectivity index (χ0n) is 11.5. The third kappa shape index (κ3) is 3.67. The third-order valence-corrected chi connectivity index (χ3v) is 4.95. The zero-order chi connectivity index (χ0) is 13.9. The van der Waals surface area contributed by atoms with Crippen LogP contribution in [-0.2, 0) is 22.8 Å². The van der Waals surface area contributed by atoms with Gasteiger partial charge in [-0.3, -0.25) is 0 Å². The number of aromatic nitrogens is 1. The summed E-state index contributed by atoms with van der Waals surface area (Å²) < 4.78 is 22.9. The molecule has 19 heavy (non-hydrogen) atoms. The van der Waals surface area contributed by atoms with Gasteiger partial charge in [-0.15, -0.1) is 0 Å². The molecule has 1 aliphatic rings. The second kappa shape index (κ2) is 5.88. The first-order valence-electron chi connectivity index (χ1n) is 6.64. The number of nitrogens with zero attached hydrogens (tertiary/aromatic N) is 2. The number of rotatable bonds is 4. The van der Waals surface area contributed by atoms with E-state index < -0.39 is 9.84 Å². The Balaban J connectivity index is 2.21. The van der Waals surface area contributed by atoms with Crippen LogP contribution < -0.4 is 10.2 Å². The summed E-state index contributed by atoms with van der Waals surface area (Å²) in [6.07, 6.45) is 0.886. The van der Waals surface area contributed by atoms with Crippen LogP contribution in [0.2, 0.25) is 0 Å². The largest absolute Gasteiger partial charge is 0.355 e. The summed E-state index contributed by atoms with van der Waals surface area (Å²) in [5.74, 6) is 1.36. The van der Waals surface area contributed by atoms with Crippen molar-refractivity contribution in [2.45, 2.75) is 19.9 Å². The van der Waals surface area contributed by atoms with E-state index >= 15 is 0 Å². The van der Waals surface area contributed by atoms with Gasteiger partial charge in [0.25, 0.3) is 0 Å². The van der Waals surface area contributed by atoms with Gasteiger partial charge in [-0.1, -0.05) is 6.92 Å². The van der Waals surface area contributed by atoms with E-state index in [9.17, 15) is 8.42 Å². The van der Waals surface area contributed by atoms with Crippen LogP contribution in [0.1, 0.15) is 18.2 Å². The van der Waals surface area contributed by atoms with Gasteiger partial charge in [-0.2, -0.15) is 0 Å². The second-order valence-corrected chi connectivity index (χ2v) is 7.15. The van der Waals surface area contributed by atoms with Crippen LogP contribution >= 0.6 is 0 Å². The fraction of sp³-hybridized carbons (Fsp3) is 0.615. The molecule has 1 aromatic rings. The van der Waals surface area contributed by atoms with Crippen LogP contribution in [-0.4, -0.2) is 45.0 Å². The molecule has 0 spiro atoms. The molecule has 1 fully saturated rings. The van der Waals surface area contributed by atoms with Gasteiger partial charge in [0.2, 0.25) is 0 Å². The highest BCUT2D eigenvalue weighted by molar-refractivity contribution is 7.91. The Hall–Kier alpha value is -1.14. The van der Waals surface area contributed by atoms with Crippen molar-refractivity contribution in [3.63, 3.8) is 0 Å². The van der Waals surface area contributed by atoms with E-state index in [0.29, 0.717) is 13.1 Å². The Kier molecular flexibility index (Phi) is 4.42. The molecular weight excluding hydrogens is 262 g/mol. The molecule has 0 radical (unpaired) electrons.